The summed E-state index contributed by atoms with van der Waals surface area (Å²) in [7, 11) is -3.96. The number of thioether (sulfide) groups is 1. The van der Waals surface area contributed by atoms with Crippen molar-refractivity contribution in [3.63, 3.8) is 0 Å². The van der Waals surface area contributed by atoms with Crippen molar-refractivity contribution in [2.45, 2.75) is 22.6 Å². The Morgan fingerprint density at radius 3 is 2.90 bits per heavy atom. The van der Waals surface area contributed by atoms with E-state index in [1.807, 2.05) is 0 Å². The zero-order chi connectivity index (χ0) is 15.0. The number of rotatable bonds is 2. The normalized spacial score (nSPS) is 27.3. The van der Waals surface area contributed by atoms with Gasteiger partial charge >= 0.3 is 0 Å². The molecule has 0 unspecified atom stereocenters. The molecule has 21 heavy (non-hydrogen) atoms. The lowest BCUT2D eigenvalue weighted by Gasteiger charge is -2.42. The first-order valence-corrected chi connectivity index (χ1v) is 9.15. The van der Waals surface area contributed by atoms with Gasteiger partial charge in [0.1, 0.15) is 16.5 Å². The molecule has 2 atom stereocenters. The van der Waals surface area contributed by atoms with Crippen LogP contribution >= 0.6 is 11.8 Å². The molecule has 1 aromatic rings. The summed E-state index contributed by atoms with van der Waals surface area (Å²) in [5, 5.41) is 0.0748. The Hall–Kier alpha value is -0.700. The van der Waals surface area contributed by atoms with Gasteiger partial charge in [-0.15, -0.1) is 0 Å². The second kappa shape index (κ2) is 5.83. The van der Waals surface area contributed by atoms with Crippen LogP contribution in [-0.4, -0.2) is 49.5 Å². The van der Waals surface area contributed by atoms with E-state index in [9.17, 15) is 17.2 Å². The van der Waals surface area contributed by atoms with E-state index < -0.39 is 26.6 Å². The quantitative estimate of drug-likeness (QED) is 0.828. The molecule has 2 heterocycles. The lowest BCUT2D eigenvalue weighted by molar-refractivity contribution is 0.0625. The second-order valence-corrected chi connectivity index (χ2v) is 8.24. The van der Waals surface area contributed by atoms with Crippen LogP contribution in [0.25, 0.3) is 0 Å². The molecule has 0 bridgehead atoms. The van der Waals surface area contributed by atoms with Gasteiger partial charge in [0.05, 0.1) is 6.61 Å². The van der Waals surface area contributed by atoms with Crippen molar-refractivity contribution in [3.8, 4) is 0 Å². The van der Waals surface area contributed by atoms with Crippen molar-refractivity contribution < 1.29 is 21.9 Å². The monoisotopic (exact) mass is 335 g/mol. The van der Waals surface area contributed by atoms with Crippen LogP contribution in [-0.2, 0) is 14.8 Å². The van der Waals surface area contributed by atoms with Gasteiger partial charge in [0, 0.05) is 36.3 Å². The lowest BCUT2D eigenvalue weighted by atomic mass is 10.1. The fraction of sp³-hybridized carbons (Fsp3) is 0.538. The minimum Gasteiger partial charge on any atom is -0.380 e. The highest BCUT2D eigenvalue weighted by atomic mass is 32.2. The van der Waals surface area contributed by atoms with Gasteiger partial charge in [-0.2, -0.15) is 16.1 Å². The molecule has 116 valence electrons. The van der Waals surface area contributed by atoms with Crippen LogP contribution in [0.1, 0.15) is 6.42 Å². The van der Waals surface area contributed by atoms with Gasteiger partial charge in [0.25, 0.3) is 0 Å². The van der Waals surface area contributed by atoms with E-state index in [0.29, 0.717) is 38.0 Å². The summed E-state index contributed by atoms with van der Waals surface area (Å²) in [6.07, 6.45) is 0.597. The minimum atomic E-state index is -3.96. The molecule has 0 aromatic heterocycles. The maximum atomic E-state index is 13.8. The molecule has 4 nitrogen and oxygen atoms in total. The van der Waals surface area contributed by atoms with Gasteiger partial charge in [-0.3, -0.25) is 0 Å². The van der Waals surface area contributed by atoms with E-state index in [2.05, 4.69) is 0 Å². The number of nitrogens with zero attached hydrogens (tertiary/aromatic N) is 1. The Morgan fingerprint density at radius 1 is 1.33 bits per heavy atom. The highest BCUT2D eigenvalue weighted by molar-refractivity contribution is 8.00. The number of sulfonamides is 1. The Kier molecular flexibility index (Phi) is 4.22. The number of halogens is 2. The summed E-state index contributed by atoms with van der Waals surface area (Å²) < 4.78 is 58.9. The average Bonchev–Trinajstić information content (AvgIpc) is 2.46. The maximum Gasteiger partial charge on any atom is 0.246 e. The van der Waals surface area contributed by atoms with Gasteiger partial charge in [-0.05, 0) is 18.6 Å². The first-order valence-electron chi connectivity index (χ1n) is 6.66. The molecule has 2 aliphatic heterocycles. The van der Waals surface area contributed by atoms with Crippen LogP contribution in [0.3, 0.4) is 0 Å². The van der Waals surface area contributed by atoms with Crippen molar-refractivity contribution in [3.05, 3.63) is 29.8 Å². The van der Waals surface area contributed by atoms with Gasteiger partial charge in [-0.25, -0.2) is 17.2 Å². The molecular weight excluding hydrogens is 320 g/mol. The molecule has 0 N–H and O–H groups in total. The van der Waals surface area contributed by atoms with Gasteiger partial charge in [0.15, 0.2) is 0 Å². The summed E-state index contributed by atoms with van der Waals surface area (Å²) in [6, 6.07) is 2.38. The van der Waals surface area contributed by atoms with E-state index in [1.54, 1.807) is 11.8 Å². The zero-order valence-corrected chi connectivity index (χ0v) is 12.8. The van der Waals surface area contributed by atoms with Crippen LogP contribution in [0, 0.1) is 11.6 Å². The van der Waals surface area contributed by atoms with Gasteiger partial charge in [0.2, 0.25) is 10.0 Å². The fourth-order valence-corrected chi connectivity index (χ4v) is 5.99. The minimum absolute atomic E-state index is 0.0748. The van der Waals surface area contributed by atoms with Crippen LogP contribution < -0.4 is 0 Å². The maximum absolute atomic E-state index is 13.8. The standard InChI is InChI=1S/C13H15F2NO3S2/c14-9-1-2-13(10(15)7-9)21(17,18)16-4-6-20-12-8-19-5-3-11(12)16/h1-2,7,11-12H,3-6,8H2/t11-,12+/m1/s1. The highest BCUT2D eigenvalue weighted by Crippen LogP contribution is 2.34. The number of fused-ring (bicyclic) bond motifs is 1. The van der Waals surface area contributed by atoms with Crippen molar-refractivity contribution >= 4 is 21.8 Å². The first kappa shape index (κ1) is 15.2. The zero-order valence-electron chi connectivity index (χ0n) is 11.2. The van der Waals surface area contributed by atoms with E-state index >= 15 is 0 Å². The Morgan fingerprint density at radius 2 is 2.14 bits per heavy atom. The number of hydrogen-bond acceptors (Lipinski definition) is 4. The SMILES string of the molecule is O=S(=O)(c1ccc(F)cc1F)N1CCS[C@H]2COCC[C@H]21. The molecule has 1 aromatic carbocycles. The third-order valence-corrected chi connectivity index (χ3v) is 7.02. The van der Waals surface area contributed by atoms with Crippen molar-refractivity contribution in [1.29, 1.82) is 0 Å². The van der Waals surface area contributed by atoms with Crippen LogP contribution in [0.15, 0.2) is 23.1 Å². The third-order valence-electron chi connectivity index (χ3n) is 3.76. The Labute approximate surface area is 126 Å². The van der Waals surface area contributed by atoms with Crippen LogP contribution in [0.2, 0.25) is 0 Å². The molecule has 2 fully saturated rings. The van der Waals surface area contributed by atoms with Gasteiger partial charge in [-0.1, -0.05) is 0 Å². The van der Waals surface area contributed by atoms with E-state index in [-0.39, 0.29) is 11.3 Å². The number of hydrogen-bond donors (Lipinski definition) is 0. The molecule has 0 amide bonds. The molecule has 0 saturated carbocycles. The second-order valence-electron chi connectivity index (χ2n) is 5.03. The molecule has 8 heteroatoms. The van der Waals surface area contributed by atoms with E-state index in [4.69, 9.17) is 4.74 Å². The smallest absolute Gasteiger partial charge is 0.246 e. The topological polar surface area (TPSA) is 46.6 Å². The molecule has 2 aliphatic rings. The van der Waals surface area contributed by atoms with Crippen molar-refractivity contribution in [2.24, 2.45) is 0 Å². The number of ether oxygens (including phenoxy) is 1. The summed E-state index contributed by atoms with van der Waals surface area (Å²) in [4.78, 5) is -0.457. The average molecular weight is 335 g/mol. The summed E-state index contributed by atoms with van der Waals surface area (Å²) in [5.41, 5.74) is 0. The first-order chi connectivity index (χ1) is 10.00. The predicted molar refractivity (Wildman–Crippen MR) is 75.7 cm³/mol. The Balaban J connectivity index is 1.96. The lowest BCUT2D eigenvalue weighted by Crippen LogP contribution is -2.54. The van der Waals surface area contributed by atoms with E-state index in [0.717, 1.165) is 12.1 Å². The van der Waals surface area contributed by atoms with Crippen molar-refractivity contribution in [2.75, 3.05) is 25.5 Å². The molecule has 0 aliphatic carbocycles. The van der Waals surface area contributed by atoms with Crippen molar-refractivity contribution in [1.82, 2.24) is 4.31 Å². The highest BCUT2D eigenvalue weighted by Gasteiger charge is 2.41. The Bertz CT molecular complexity index is 636. The molecule has 3 rings (SSSR count). The molecule has 2 saturated heterocycles. The van der Waals surface area contributed by atoms with Gasteiger partial charge < -0.3 is 4.74 Å². The molecule has 0 radical (unpaired) electrons. The summed E-state index contributed by atoms with van der Waals surface area (Å²) in [6.45, 7) is 1.35. The summed E-state index contributed by atoms with van der Waals surface area (Å²) >= 11 is 1.68. The number of benzene rings is 1. The van der Waals surface area contributed by atoms with E-state index in [1.165, 1.54) is 4.31 Å². The van der Waals surface area contributed by atoms with Crippen LogP contribution in [0.4, 0.5) is 8.78 Å². The molecule has 0 spiro atoms. The fourth-order valence-electron chi connectivity index (χ4n) is 2.76. The molecular formula is C13H15F2NO3S2. The third kappa shape index (κ3) is 2.81. The summed E-state index contributed by atoms with van der Waals surface area (Å²) in [5.74, 6) is -1.19. The van der Waals surface area contributed by atoms with Crippen LogP contribution in [0.5, 0.6) is 0 Å². The largest absolute Gasteiger partial charge is 0.380 e. The predicted octanol–water partition coefficient (Wildman–Crippen LogP) is 1.86.